The van der Waals surface area contributed by atoms with Gasteiger partial charge in [-0.2, -0.15) is 0 Å². The molecule has 0 bridgehead atoms. The zero-order valence-corrected chi connectivity index (χ0v) is 29.7. The molecule has 0 aromatic rings. The Morgan fingerprint density at radius 3 is 1.85 bits per heavy atom. The second-order valence-electron chi connectivity index (χ2n) is 13.3. The Bertz CT molecular complexity index is 841. The van der Waals surface area contributed by atoms with Crippen molar-refractivity contribution in [3.8, 4) is 0 Å². The Morgan fingerprint density at radius 1 is 0.708 bits per heavy atom. The average Bonchev–Trinajstić information content (AvgIpc) is 3.08. The summed E-state index contributed by atoms with van der Waals surface area (Å²) in [5.74, 6) is -0.722. The maximum atomic E-state index is 12.9. The molecule has 0 aromatic heterocycles. The van der Waals surface area contributed by atoms with Crippen LogP contribution in [0.2, 0.25) is 0 Å². The lowest BCUT2D eigenvalue weighted by Crippen LogP contribution is -2.60. The molecule has 0 spiro atoms. The largest absolute Gasteiger partial charge is 0.394 e. The van der Waals surface area contributed by atoms with Crippen molar-refractivity contribution in [2.75, 3.05) is 13.2 Å². The van der Waals surface area contributed by atoms with E-state index in [1.165, 1.54) is 44.9 Å². The molecule has 0 aliphatic carbocycles. The number of carbonyl (C=O) groups excluding carboxylic acids is 1. The topological polar surface area (TPSA) is 189 Å². The molecule has 282 valence electrons. The van der Waals surface area contributed by atoms with Crippen molar-refractivity contribution in [3.05, 3.63) is 24.3 Å². The molecule has 1 heterocycles. The number of hydrogen-bond donors (Lipinski definition) is 8. The molecule has 8 N–H and O–H groups in total. The summed E-state index contributed by atoms with van der Waals surface area (Å²) in [7, 11) is 0. The Hall–Kier alpha value is -1.41. The van der Waals surface area contributed by atoms with E-state index in [9.17, 15) is 40.5 Å². The zero-order chi connectivity index (χ0) is 35.6. The smallest absolute Gasteiger partial charge is 0.249 e. The lowest BCUT2D eigenvalue weighted by molar-refractivity contribution is -0.303. The fourth-order valence-electron chi connectivity index (χ4n) is 5.71. The van der Waals surface area contributed by atoms with Gasteiger partial charge in [-0.15, -0.1) is 0 Å². The van der Waals surface area contributed by atoms with E-state index >= 15 is 0 Å². The number of nitrogens with one attached hydrogen (secondary N) is 1. The van der Waals surface area contributed by atoms with Crippen molar-refractivity contribution in [3.63, 3.8) is 0 Å². The van der Waals surface area contributed by atoms with Crippen LogP contribution < -0.4 is 5.32 Å². The Kier molecular flexibility index (Phi) is 26.3. The number of hydrogen-bond acceptors (Lipinski definition) is 10. The molecule has 1 aliphatic rings. The summed E-state index contributed by atoms with van der Waals surface area (Å²) in [5.41, 5.74) is 0. The minimum absolute atomic E-state index is 0.238. The van der Waals surface area contributed by atoms with E-state index in [2.05, 4.69) is 43.5 Å². The third-order valence-corrected chi connectivity index (χ3v) is 8.98. The van der Waals surface area contributed by atoms with E-state index < -0.39 is 74.2 Å². The van der Waals surface area contributed by atoms with Crippen molar-refractivity contribution >= 4 is 5.91 Å². The molecule has 11 nitrogen and oxygen atoms in total. The molecule has 48 heavy (non-hydrogen) atoms. The van der Waals surface area contributed by atoms with Gasteiger partial charge in [0.2, 0.25) is 5.91 Å². The van der Waals surface area contributed by atoms with Crippen molar-refractivity contribution in [1.29, 1.82) is 0 Å². The van der Waals surface area contributed by atoms with Gasteiger partial charge >= 0.3 is 0 Å². The van der Waals surface area contributed by atoms with Gasteiger partial charge in [0.1, 0.15) is 36.6 Å². The van der Waals surface area contributed by atoms with Crippen molar-refractivity contribution in [2.24, 2.45) is 0 Å². The molecule has 1 rings (SSSR count). The van der Waals surface area contributed by atoms with Gasteiger partial charge in [0.05, 0.1) is 25.4 Å². The summed E-state index contributed by atoms with van der Waals surface area (Å²) in [6, 6.07) is -1.18. The van der Waals surface area contributed by atoms with E-state index in [1.807, 2.05) is 0 Å². The number of unbranched alkanes of at least 4 members (excludes halogenated alkanes) is 13. The summed E-state index contributed by atoms with van der Waals surface area (Å²) in [4.78, 5) is 12.9. The lowest BCUT2D eigenvalue weighted by atomic mass is 9.98. The first-order valence-electron chi connectivity index (χ1n) is 18.7. The van der Waals surface area contributed by atoms with Crippen LogP contribution in [0, 0.1) is 0 Å². The number of carbonyl (C=O) groups is 1. The standard InChI is InChI=1S/C37H69NO10/c1-3-5-7-9-11-13-15-17-18-20-22-24-29(40)32(42)28(27-47-37-35(45)34(44)33(43)31(26-39)48-37)38-36(46)30(41)25-23-21-19-16-14-12-10-8-6-4-2/h10,12,17-18,28-35,37,39-45H,3-9,11,13-16,19-27H2,1-2H3,(H,38,46)/b12-10-,18-17+. The summed E-state index contributed by atoms with van der Waals surface area (Å²) in [6.07, 6.45) is 15.4. The Balaban J connectivity index is 2.64. The van der Waals surface area contributed by atoms with E-state index in [0.29, 0.717) is 12.8 Å². The summed E-state index contributed by atoms with van der Waals surface area (Å²) in [5, 5.41) is 74.9. The number of aliphatic hydroxyl groups is 7. The summed E-state index contributed by atoms with van der Waals surface area (Å²) < 4.78 is 11.0. The molecule has 1 saturated heterocycles. The third-order valence-electron chi connectivity index (χ3n) is 8.98. The maximum absolute atomic E-state index is 12.9. The highest BCUT2D eigenvalue weighted by Crippen LogP contribution is 2.23. The molecular weight excluding hydrogens is 618 g/mol. The van der Waals surface area contributed by atoms with E-state index in [4.69, 9.17) is 9.47 Å². The summed E-state index contributed by atoms with van der Waals surface area (Å²) in [6.45, 7) is 3.30. The summed E-state index contributed by atoms with van der Waals surface area (Å²) >= 11 is 0. The number of allylic oxidation sites excluding steroid dienone is 4. The van der Waals surface area contributed by atoms with Crippen LogP contribution in [0.5, 0.6) is 0 Å². The predicted molar refractivity (Wildman–Crippen MR) is 187 cm³/mol. The lowest BCUT2D eigenvalue weighted by Gasteiger charge is -2.40. The molecule has 0 saturated carbocycles. The predicted octanol–water partition coefficient (Wildman–Crippen LogP) is 3.93. The first-order chi connectivity index (χ1) is 23.2. The van der Waals surface area contributed by atoms with E-state index in [0.717, 1.165) is 51.4 Å². The van der Waals surface area contributed by atoms with Crippen LogP contribution in [0.25, 0.3) is 0 Å². The van der Waals surface area contributed by atoms with Crippen LogP contribution in [0.3, 0.4) is 0 Å². The fraction of sp³-hybridized carbons (Fsp3) is 0.865. The van der Waals surface area contributed by atoms with Gasteiger partial charge in [-0.25, -0.2) is 0 Å². The highest BCUT2D eigenvalue weighted by molar-refractivity contribution is 5.80. The fourth-order valence-corrected chi connectivity index (χ4v) is 5.71. The highest BCUT2D eigenvalue weighted by Gasteiger charge is 2.44. The van der Waals surface area contributed by atoms with Crippen LogP contribution >= 0.6 is 0 Å². The van der Waals surface area contributed by atoms with Crippen LogP contribution in [0.4, 0.5) is 0 Å². The van der Waals surface area contributed by atoms with Crippen molar-refractivity contribution in [2.45, 2.75) is 191 Å². The number of rotatable bonds is 29. The zero-order valence-electron chi connectivity index (χ0n) is 29.7. The first kappa shape index (κ1) is 44.6. The van der Waals surface area contributed by atoms with Gasteiger partial charge in [0, 0.05) is 0 Å². The molecule has 0 aromatic carbocycles. The van der Waals surface area contributed by atoms with Gasteiger partial charge in [-0.1, -0.05) is 102 Å². The van der Waals surface area contributed by atoms with Crippen LogP contribution in [-0.4, -0.2) is 110 Å². The molecular formula is C37H69NO10. The average molecular weight is 688 g/mol. The first-order valence-corrected chi connectivity index (χ1v) is 18.7. The third kappa shape index (κ3) is 19.1. The minimum atomic E-state index is -1.67. The molecule has 1 fully saturated rings. The van der Waals surface area contributed by atoms with E-state index in [1.54, 1.807) is 0 Å². The van der Waals surface area contributed by atoms with Crippen molar-refractivity contribution in [1.82, 2.24) is 5.32 Å². The number of ether oxygens (including phenoxy) is 2. The van der Waals surface area contributed by atoms with Crippen molar-refractivity contribution < 1.29 is 50.0 Å². The molecule has 0 radical (unpaired) electrons. The Morgan fingerprint density at radius 2 is 1.25 bits per heavy atom. The van der Waals surface area contributed by atoms with Gasteiger partial charge < -0.3 is 50.5 Å². The Labute approximate surface area is 289 Å². The molecule has 1 aliphatic heterocycles. The van der Waals surface area contributed by atoms with Crippen LogP contribution in [0.15, 0.2) is 24.3 Å². The second-order valence-corrected chi connectivity index (χ2v) is 13.3. The van der Waals surface area contributed by atoms with Gasteiger partial charge in [0.15, 0.2) is 6.29 Å². The molecule has 9 atom stereocenters. The van der Waals surface area contributed by atoms with Crippen LogP contribution in [0.1, 0.15) is 136 Å². The molecule has 1 amide bonds. The highest BCUT2D eigenvalue weighted by atomic mass is 16.7. The van der Waals surface area contributed by atoms with Gasteiger partial charge in [-0.05, 0) is 57.8 Å². The SMILES string of the molecule is CCCC/C=C\CCCCCCC(O)C(=O)NC(COC1OC(CO)C(O)C(O)C1O)C(O)C(O)CCC/C=C/CCCCCCCC. The number of amides is 1. The van der Waals surface area contributed by atoms with Gasteiger partial charge in [-0.3, -0.25) is 4.79 Å². The number of aliphatic hydroxyl groups excluding tert-OH is 7. The second kappa shape index (κ2) is 28.3. The molecule has 9 unspecified atom stereocenters. The maximum Gasteiger partial charge on any atom is 0.249 e. The monoisotopic (exact) mass is 687 g/mol. The quantitative estimate of drug-likeness (QED) is 0.0423. The normalized spacial score (nSPS) is 24.2. The van der Waals surface area contributed by atoms with Gasteiger partial charge in [0.25, 0.3) is 0 Å². The van der Waals surface area contributed by atoms with Crippen LogP contribution in [-0.2, 0) is 14.3 Å². The van der Waals surface area contributed by atoms with E-state index in [-0.39, 0.29) is 12.8 Å². The molecule has 11 heteroatoms. The minimum Gasteiger partial charge on any atom is -0.394 e.